The average Bonchev–Trinajstić information content (AvgIpc) is 2.54. The monoisotopic (exact) mass is 358 g/mol. The van der Waals surface area contributed by atoms with Gasteiger partial charge in [0, 0.05) is 24.9 Å². The minimum absolute atomic E-state index is 0.0491. The summed E-state index contributed by atoms with van der Waals surface area (Å²) in [6.07, 6.45) is 0.0653. The van der Waals surface area contributed by atoms with Crippen LogP contribution in [0.25, 0.3) is 0 Å². The fourth-order valence-electron chi connectivity index (χ4n) is 3.67. The van der Waals surface area contributed by atoms with Crippen LogP contribution in [0.5, 0.6) is 11.5 Å². The molecule has 0 spiro atoms. The van der Waals surface area contributed by atoms with Gasteiger partial charge in [-0.1, -0.05) is 13.3 Å². The molecule has 0 aliphatic carbocycles. The second kappa shape index (κ2) is 7.41. The molecule has 1 aromatic rings. The van der Waals surface area contributed by atoms with Crippen LogP contribution in [0.4, 0.5) is 13.2 Å². The molecule has 1 aromatic carbocycles. The Morgan fingerprint density at radius 3 is 2.44 bits per heavy atom. The number of nitrogens with zero attached hydrogens (tertiary/aromatic N) is 1. The highest BCUT2D eigenvalue weighted by Gasteiger charge is 2.40. The molecule has 4 nitrogen and oxygen atoms in total. The first-order valence-corrected chi connectivity index (χ1v) is 8.84. The van der Waals surface area contributed by atoms with E-state index in [-0.39, 0.29) is 23.9 Å². The number of hydrogen-bond donors (Lipinski definition) is 0. The molecule has 2 aliphatic rings. The largest absolute Gasteiger partial charge is 0.490 e. The minimum Gasteiger partial charge on any atom is -0.490 e. The molecule has 3 rings (SSSR count). The Bertz CT molecular complexity index is 579. The first-order valence-electron chi connectivity index (χ1n) is 8.84. The summed E-state index contributed by atoms with van der Waals surface area (Å²) in [7, 11) is 0. The standard InChI is InChI=1S/C18H23F3NO3/c1-2-8-24-17-9-12(18(19,20)21)6-7-16(17)25-15-10-13-4-3-5-14(11-15)22(13)23/h6-7,9,13-15H,2-5,8,10-11H2,1H3/t13-,14+,15?. The SMILES string of the molecule is CCCOc1cc(C(F)(F)F)ccc1OC1C[C@H]2CCC[C@@H](C1)N2[O]. The maximum atomic E-state index is 12.9. The van der Waals surface area contributed by atoms with E-state index in [0.29, 0.717) is 31.6 Å². The Morgan fingerprint density at radius 2 is 1.84 bits per heavy atom. The molecule has 2 heterocycles. The minimum atomic E-state index is -4.42. The van der Waals surface area contributed by atoms with E-state index in [1.165, 1.54) is 11.1 Å². The Balaban J connectivity index is 1.77. The van der Waals surface area contributed by atoms with Gasteiger partial charge in [0.15, 0.2) is 11.5 Å². The van der Waals surface area contributed by atoms with E-state index in [1.807, 2.05) is 6.92 Å². The molecule has 0 aromatic heterocycles. The predicted molar refractivity (Wildman–Crippen MR) is 84.8 cm³/mol. The molecule has 1 radical (unpaired) electrons. The van der Waals surface area contributed by atoms with Gasteiger partial charge in [-0.15, -0.1) is 10.3 Å². The number of ether oxygens (including phenoxy) is 2. The fourth-order valence-corrected chi connectivity index (χ4v) is 3.67. The lowest BCUT2D eigenvalue weighted by molar-refractivity contribution is -0.253. The summed E-state index contributed by atoms with van der Waals surface area (Å²) >= 11 is 0. The maximum absolute atomic E-state index is 12.9. The zero-order valence-corrected chi connectivity index (χ0v) is 14.2. The van der Waals surface area contributed by atoms with Crippen LogP contribution >= 0.6 is 0 Å². The molecule has 2 fully saturated rings. The average molecular weight is 358 g/mol. The molecule has 7 heteroatoms. The Kier molecular flexibility index (Phi) is 5.43. The van der Waals surface area contributed by atoms with Crippen LogP contribution in [-0.4, -0.2) is 29.9 Å². The number of alkyl halides is 3. The number of halogens is 3. The lowest BCUT2D eigenvalue weighted by Gasteiger charge is -2.43. The van der Waals surface area contributed by atoms with Crippen molar-refractivity contribution in [1.29, 1.82) is 0 Å². The number of hydroxylamine groups is 2. The second-order valence-corrected chi connectivity index (χ2v) is 6.82. The van der Waals surface area contributed by atoms with Crippen LogP contribution in [0.15, 0.2) is 18.2 Å². The van der Waals surface area contributed by atoms with E-state index in [2.05, 4.69) is 0 Å². The zero-order valence-electron chi connectivity index (χ0n) is 14.2. The van der Waals surface area contributed by atoms with Crippen molar-refractivity contribution in [2.75, 3.05) is 6.61 Å². The fraction of sp³-hybridized carbons (Fsp3) is 0.667. The van der Waals surface area contributed by atoms with Crippen molar-refractivity contribution < 1.29 is 27.9 Å². The molecule has 2 bridgehead atoms. The topological polar surface area (TPSA) is 41.6 Å². The second-order valence-electron chi connectivity index (χ2n) is 6.82. The van der Waals surface area contributed by atoms with Gasteiger partial charge in [-0.2, -0.15) is 13.2 Å². The predicted octanol–water partition coefficient (Wildman–Crippen LogP) is 4.60. The van der Waals surface area contributed by atoms with Crippen LogP contribution in [0.2, 0.25) is 0 Å². The molecule has 25 heavy (non-hydrogen) atoms. The molecule has 139 valence electrons. The number of rotatable bonds is 5. The summed E-state index contributed by atoms with van der Waals surface area (Å²) in [4.78, 5) is 0. The molecule has 1 unspecified atom stereocenters. The van der Waals surface area contributed by atoms with Gasteiger partial charge in [-0.25, -0.2) is 0 Å². The third kappa shape index (κ3) is 4.20. The summed E-state index contributed by atoms with van der Waals surface area (Å²) in [6.45, 7) is 2.21. The Labute approximate surface area is 145 Å². The summed E-state index contributed by atoms with van der Waals surface area (Å²) in [6, 6.07) is 3.23. The van der Waals surface area contributed by atoms with Crippen LogP contribution in [-0.2, 0) is 11.4 Å². The number of hydrogen-bond acceptors (Lipinski definition) is 3. The summed E-state index contributed by atoms with van der Waals surface area (Å²) in [5.74, 6) is 0.440. The van der Waals surface area contributed by atoms with Gasteiger partial charge in [0.25, 0.3) is 0 Å². The van der Waals surface area contributed by atoms with Crippen molar-refractivity contribution in [2.45, 2.75) is 69.8 Å². The van der Waals surface area contributed by atoms with Gasteiger partial charge in [0.05, 0.1) is 12.2 Å². The molecule has 0 N–H and O–H groups in total. The van der Waals surface area contributed by atoms with E-state index >= 15 is 0 Å². The summed E-state index contributed by atoms with van der Waals surface area (Å²) in [5, 5.41) is 13.3. The lowest BCUT2D eigenvalue weighted by Crippen LogP contribution is -2.52. The number of benzene rings is 1. The van der Waals surface area contributed by atoms with Gasteiger partial charge < -0.3 is 9.47 Å². The maximum Gasteiger partial charge on any atom is 0.416 e. The Hall–Kier alpha value is -1.47. The third-order valence-corrected chi connectivity index (χ3v) is 4.89. The highest BCUT2D eigenvalue weighted by molar-refractivity contribution is 5.44. The first kappa shape index (κ1) is 18.3. The first-order chi connectivity index (χ1) is 11.9. The number of fused-ring (bicyclic) bond motifs is 2. The van der Waals surface area contributed by atoms with Crippen molar-refractivity contribution in [1.82, 2.24) is 5.06 Å². The molecule has 3 atom stereocenters. The van der Waals surface area contributed by atoms with Crippen LogP contribution < -0.4 is 9.47 Å². The molecule has 2 aliphatic heterocycles. The van der Waals surface area contributed by atoms with Gasteiger partial charge in [0.2, 0.25) is 0 Å². The van der Waals surface area contributed by atoms with Crippen LogP contribution in [0.1, 0.15) is 51.0 Å². The van der Waals surface area contributed by atoms with Crippen molar-refractivity contribution >= 4 is 0 Å². The molecular weight excluding hydrogens is 335 g/mol. The van der Waals surface area contributed by atoms with Gasteiger partial charge in [-0.05, 0) is 37.5 Å². The van der Waals surface area contributed by atoms with E-state index in [9.17, 15) is 18.4 Å². The molecule has 0 saturated carbocycles. The molecule has 0 amide bonds. The summed E-state index contributed by atoms with van der Waals surface area (Å²) in [5.41, 5.74) is -0.753. The highest BCUT2D eigenvalue weighted by atomic mass is 19.4. The van der Waals surface area contributed by atoms with E-state index < -0.39 is 11.7 Å². The van der Waals surface area contributed by atoms with Gasteiger partial charge in [-0.3, -0.25) is 0 Å². The summed E-state index contributed by atoms with van der Waals surface area (Å²) < 4.78 is 50.3. The zero-order chi connectivity index (χ0) is 18.0. The van der Waals surface area contributed by atoms with Crippen molar-refractivity contribution in [3.8, 4) is 11.5 Å². The van der Waals surface area contributed by atoms with Crippen molar-refractivity contribution in [3.05, 3.63) is 23.8 Å². The normalized spacial score (nSPS) is 27.2. The van der Waals surface area contributed by atoms with E-state index in [0.717, 1.165) is 31.4 Å². The van der Waals surface area contributed by atoms with Gasteiger partial charge in [0.1, 0.15) is 6.10 Å². The van der Waals surface area contributed by atoms with Gasteiger partial charge >= 0.3 is 6.18 Å². The smallest absolute Gasteiger partial charge is 0.416 e. The Morgan fingerprint density at radius 1 is 1.16 bits per heavy atom. The lowest BCUT2D eigenvalue weighted by atomic mass is 9.85. The van der Waals surface area contributed by atoms with Crippen LogP contribution in [0.3, 0.4) is 0 Å². The molecule has 2 saturated heterocycles. The third-order valence-electron chi connectivity index (χ3n) is 4.89. The van der Waals surface area contributed by atoms with E-state index in [1.54, 1.807) is 0 Å². The highest BCUT2D eigenvalue weighted by Crippen LogP contribution is 2.39. The quantitative estimate of drug-likeness (QED) is 0.772. The van der Waals surface area contributed by atoms with E-state index in [4.69, 9.17) is 9.47 Å². The number of piperidine rings is 2. The molecular formula is C18H23F3NO3. The van der Waals surface area contributed by atoms with Crippen LogP contribution in [0, 0.1) is 0 Å². The van der Waals surface area contributed by atoms with Crippen molar-refractivity contribution in [2.24, 2.45) is 0 Å². The van der Waals surface area contributed by atoms with Crippen molar-refractivity contribution in [3.63, 3.8) is 0 Å².